The molecule has 2 aromatic carbocycles. The lowest BCUT2D eigenvalue weighted by Crippen LogP contribution is -2.09. The molecule has 0 radical (unpaired) electrons. The fourth-order valence-electron chi connectivity index (χ4n) is 4.13. The summed E-state index contributed by atoms with van der Waals surface area (Å²) in [6.07, 6.45) is 2.22. The first kappa shape index (κ1) is 20.2. The van der Waals surface area contributed by atoms with Gasteiger partial charge in [0.05, 0.1) is 6.54 Å². The van der Waals surface area contributed by atoms with E-state index in [1.54, 1.807) is 0 Å². The number of tetrazole rings is 1. The van der Waals surface area contributed by atoms with Crippen molar-refractivity contribution in [2.75, 3.05) is 0 Å². The molecule has 0 N–H and O–H groups in total. The molecule has 0 amide bonds. The van der Waals surface area contributed by atoms with Crippen molar-refractivity contribution in [2.45, 2.75) is 51.5 Å². The number of ketones is 1. The van der Waals surface area contributed by atoms with E-state index in [9.17, 15) is 4.79 Å². The Morgan fingerprint density at radius 2 is 2.03 bits per heavy atom. The molecule has 1 aliphatic rings. The zero-order valence-electron chi connectivity index (χ0n) is 18.1. The molecule has 32 heavy (non-hydrogen) atoms. The third-order valence-corrected chi connectivity index (χ3v) is 5.84. The van der Waals surface area contributed by atoms with Gasteiger partial charge in [0, 0.05) is 17.9 Å². The van der Waals surface area contributed by atoms with Crippen LogP contribution in [-0.4, -0.2) is 36.1 Å². The second kappa shape index (κ2) is 8.45. The van der Waals surface area contributed by atoms with Crippen LogP contribution in [0.3, 0.4) is 0 Å². The van der Waals surface area contributed by atoms with Crippen LogP contribution in [-0.2, 0) is 13.0 Å². The Morgan fingerprint density at radius 3 is 2.81 bits per heavy atom. The number of rotatable bonds is 7. The Balaban J connectivity index is 1.27. The average Bonchev–Trinajstić information content (AvgIpc) is 3.54. The summed E-state index contributed by atoms with van der Waals surface area (Å²) >= 11 is 0. The van der Waals surface area contributed by atoms with Gasteiger partial charge in [0.15, 0.2) is 0 Å². The lowest BCUT2D eigenvalue weighted by molar-refractivity contribution is 0.0963. The van der Waals surface area contributed by atoms with E-state index in [1.807, 2.05) is 50.2 Å². The molecule has 0 saturated carbocycles. The summed E-state index contributed by atoms with van der Waals surface area (Å²) in [6, 6.07) is 16.1. The molecule has 0 aliphatic heterocycles. The lowest BCUT2D eigenvalue weighted by atomic mass is 9.94. The molecule has 0 unspecified atom stereocenters. The number of hydrogen-bond acceptors (Lipinski definition) is 7. The van der Waals surface area contributed by atoms with E-state index in [1.165, 1.54) is 15.9 Å². The van der Waals surface area contributed by atoms with Crippen LogP contribution in [0.1, 0.15) is 71.7 Å². The molecule has 1 atom stereocenters. The molecule has 0 spiro atoms. The second-order valence-electron chi connectivity index (χ2n) is 8.52. The predicted molar refractivity (Wildman–Crippen MR) is 117 cm³/mol. The molecule has 2 aromatic heterocycles. The van der Waals surface area contributed by atoms with Crippen molar-refractivity contribution in [3.8, 4) is 11.4 Å². The van der Waals surface area contributed by atoms with Crippen LogP contribution < -0.4 is 0 Å². The Bertz CT molecular complexity index is 1240. The van der Waals surface area contributed by atoms with Crippen LogP contribution in [0.4, 0.5) is 0 Å². The van der Waals surface area contributed by atoms with Crippen molar-refractivity contribution in [1.82, 2.24) is 30.3 Å². The maximum atomic E-state index is 12.8. The molecule has 8 nitrogen and oxygen atoms in total. The second-order valence-corrected chi connectivity index (χ2v) is 8.52. The molecule has 1 aliphatic carbocycles. The average molecular weight is 428 g/mol. The standard InChI is InChI=1S/C24H24N6O2/c1-15(2)24-25-22(28-32-24)19-10-11-20-17(12-19)8-9-18(20)13-21(31)23-26-29-30(27-23)14-16-6-4-3-5-7-16/h3-7,10-12,15,18H,8-9,13-14H2,1-2H3/t18-/m0/s1. The first-order chi connectivity index (χ1) is 15.6. The molecule has 8 heteroatoms. The van der Waals surface area contributed by atoms with Crippen LogP contribution in [0.2, 0.25) is 0 Å². The number of aromatic nitrogens is 6. The Hall–Kier alpha value is -3.68. The van der Waals surface area contributed by atoms with Gasteiger partial charge in [-0.1, -0.05) is 61.5 Å². The third kappa shape index (κ3) is 4.08. The summed E-state index contributed by atoms with van der Waals surface area (Å²) in [5.41, 5.74) is 4.44. The fourth-order valence-corrected chi connectivity index (χ4v) is 4.13. The predicted octanol–water partition coefficient (Wildman–Crippen LogP) is 4.20. The number of hydrogen-bond donors (Lipinski definition) is 0. The monoisotopic (exact) mass is 428 g/mol. The lowest BCUT2D eigenvalue weighted by Gasteiger charge is -2.09. The van der Waals surface area contributed by atoms with Gasteiger partial charge in [0.25, 0.3) is 0 Å². The maximum absolute atomic E-state index is 12.8. The fraction of sp³-hybridized carbons (Fsp3) is 0.333. The maximum Gasteiger partial charge on any atom is 0.240 e. The van der Waals surface area contributed by atoms with E-state index in [-0.39, 0.29) is 23.4 Å². The number of nitrogens with zero attached hydrogens (tertiary/aromatic N) is 6. The van der Waals surface area contributed by atoms with Gasteiger partial charge in [0.1, 0.15) is 0 Å². The number of aryl methyl sites for hydroxylation is 1. The molecule has 4 aromatic rings. The van der Waals surface area contributed by atoms with Crippen molar-refractivity contribution < 1.29 is 9.32 Å². The van der Waals surface area contributed by atoms with Crippen molar-refractivity contribution in [1.29, 1.82) is 0 Å². The van der Waals surface area contributed by atoms with Crippen molar-refractivity contribution in [2.24, 2.45) is 0 Å². The zero-order chi connectivity index (χ0) is 22.1. The smallest absolute Gasteiger partial charge is 0.240 e. The minimum Gasteiger partial charge on any atom is -0.339 e. The number of carbonyl (C=O) groups excluding carboxylic acids is 1. The van der Waals surface area contributed by atoms with Crippen LogP contribution in [0.5, 0.6) is 0 Å². The van der Waals surface area contributed by atoms with Gasteiger partial charge in [-0.3, -0.25) is 4.79 Å². The van der Waals surface area contributed by atoms with Gasteiger partial charge >= 0.3 is 0 Å². The highest BCUT2D eigenvalue weighted by atomic mass is 16.5. The Kier molecular flexibility index (Phi) is 5.34. The number of Topliss-reactive ketones (excluding diaryl/α,β-unsaturated/α-hetero) is 1. The number of carbonyl (C=O) groups is 1. The van der Waals surface area contributed by atoms with Gasteiger partial charge in [-0.2, -0.15) is 9.78 Å². The highest BCUT2D eigenvalue weighted by Crippen LogP contribution is 2.38. The summed E-state index contributed by atoms with van der Waals surface area (Å²) in [7, 11) is 0. The van der Waals surface area contributed by atoms with Crippen molar-refractivity contribution in [3.63, 3.8) is 0 Å². The Labute approximate surface area is 185 Å². The summed E-state index contributed by atoms with van der Waals surface area (Å²) in [5.74, 6) is 1.70. The quantitative estimate of drug-likeness (QED) is 0.407. The molecule has 0 fully saturated rings. The van der Waals surface area contributed by atoms with Crippen LogP contribution in [0.25, 0.3) is 11.4 Å². The van der Waals surface area contributed by atoms with E-state index in [0.717, 1.165) is 24.0 Å². The van der Waals surface area contributed by atoms with Gasteiger partial charge in [-0.05, 0) is 46.7 Å². The van der Waals surface area contributed by atoms with Crippen LogP contribution in [0.15, 0.2) is 53.1 Å². The van der Waals surface area contributed by atoms with E-state index >= 15 is 0 Å². The normalized spacial score (nSPS) is 15.3. The van der Waals surface area contributed by atoms with Crippen molar-refractivity contribution in [3.05, 3.63) is 76.9 Å². The van der Waals surface area contributed by atoms with E-state index in [0.29, 0.717) is 24.7 Å². The third-order valence-electron chi connectivity index (χ3n) is 5.84. The molecule has 0 bridgehead atoms. The Morgan fingerprint density at radius 1 is 1.19 bits per heavy atom. The highest BCUT2D eigenvalue weighted by Gasteiger charge is 2.27. The zero-order valence-corrected chi connectivity index (χ0v) is 18.1. The topological polar surface area (TPSA) is 99.6 Å². The molecule has 5 rings (SSSR count). The first-order valence-corrected chi connectivity index (χ1v) is 10.9. The SMILES string of the molecule is CC(C)c1nc(-c2ccc3c(c2)CC[C@H]3CC(=O)c2nnn(Cc3ccccc3)n2)no1. The van der Waals surface area contributed by atoms with E-state index in [2.05, 4.69) is 37.7 Å². The summed E-state index contributed by atoms with van der Waals surface area (Å²) in [5, 5.41) is 16.4. The minimum absolute atomic E-state index is 0.0778. The molecule has 162 valence electrons. The summed E-state index contributed by atoms with van der Waals surface area (Å²) < 4.78 is 5.33. The van der Waals surface area contributed by atoms with E-state index < -0.39 is 0 Å². The van der Waals surface area contributed by atoms with E-state index in [4.69, 9.17) is 4.52 Å². The number of benzene rings is 2. The molecule has 2 heterocycles. The molecular formula is C24H24N6O2. The minimum atomic E-state index is -0.0778. The largest absolute Gasteiger partial charge is 0.339 e. The van der Waals surface area contributed by atoms with Crippen molar-refractivity contribution >= 4 is 5.78 Å². The van der Waals surface area contributed by atoms with Crippen LogP contribution >= 0.6 is 0 Å². The first-order valence-electron chi connectivity index (χ1n) is 10.9. The van der Waals surface area contributed by atoms with Gasteiger partial charge in [-0.25, -0.2) is 0 Å². The molecule has 0 saturated heterocycles. The number of fused-ring (bicyclic) bond motifs is 1. The summed E-state index contributed by atoms with van der Waals surface area (Å²) in [4.78, 5) is 18.8. The summed E-state index contributed by atoms with van der Waals surface area (Å²) in [6.45, 7) is 4.54. The van der Waals surface area contributed by atoms with Crippen LogP contribution in [0, 0.1) is 0 Å². The van der Waals surface area contributed by atoms with Gasteiger partial charge in [0.2, 0.25) is 23.3 Å². The van der Waals surface area contributed by atoms with Gasteiger partial charge in [-0.15, -0.1) is 10.2 Å². The highest BCUT2D eigenvalue weighted by molar-refractivity contribution is 5.92. The molecular weight excluding hydrogens is 404 g/mol. The van der Waals surface area contributed by atoms with Gasteiger partial charge < -0.3 is 4.52 Å².